The van der Waals surface area contributed by atoms with Crippen molar-refractivity contribution in [2.24, 2.45) is 0 Å². The van der Waals surface area contributed by atoms with Crippen LogP contribution in [-0.4, -0.2) is 32.9 Å². The van der Waals surface area contributed by atoms with Gasteiger partial charge in [0.15, 0.2) is 6.29 Å². The minimum absolute atomic E-state index is 0.522. The van der Waals surface area contributed by atoms with Gasteiger partial charge in [-0.2, -0.15) is 0 Å². The summed E-state index contributed by atoms with van der Waals surface area (Å²) >= 11 is 0. The van der Waals surface area contributed by atoms with E-state index in [2.05, 4.69) is 6.92 Å². The van der Waals surface area contributed by atoms with E-state index in [1.807, 2.05) is 0 Å². The van der Waals surface area contributed by atoms with Gasteiger partial charge in [0.1, 0.15) is 0 Å². The molecule has 0 unspecified atom stereocenters. The van der Waals surface area contributed by atoms with Crippen LogP contribution in [0, 0.1) is 0 Å². The maximum absolute atomic E-state index is 8.56. The van der Waals surface area contributed by atoms with Crippen molar-refractivity contribution in [2.75, 3.05) is 0 Å². The molecular weight excluding hydrogens is 164 g/mol. The number of aliphatic hydroxyl groups is 2. The normalized spacial score (nSPS) is 9.00. The van der Waals surface area contributed by atoms with Crippen LogP contribution >= 0.6 is 0 Å². The van der Waals surface area contributed by atoms with Crippen molar-refractivity contribution in [3.05, 3.63) is 0 Å². The highest BCUT2D eigenvalue weighted by Gasteiger charge is 1.93. The monoisotopic (exact) mass is 180 g/mol. The number of rotatable bonds is 4. The number of hydrogen-bond acceptors (Lipinski definition) is 3. The molecule has 0 aliphatic rings. The number of carbonyl (C=O) groups is 1. The van der Waals surface area contributed by atoms with Crippen LogP contribution < -0.4 is 0 Å². The Kier molecular flexibility index (Phi) is 11.7. The molecule has 12 heavy (non-hydrogen) atoms. The average molecular weight is 180 g/mol. The molecule has 74 valence electrons. The fraction of sp³-hybridized carbons (Fsp3) is 0.857. The van der Waals surface area contributed by atoms with E-state index in [4.69, 9.17) is 25.2 Å². The van der Waals surface area contributed by atoms with E-state index >= 15 is 0 Å². The Labute approximate surface area is 71.3 Å². The minimum atomic E-state index is -1.83. The van der Waals surface area contributed by atoms with Crippen LogP contribution in [0.3, 0.4) is 0 Å². The fourth-order valence-corrected chi connectivity index (χ4v) is 0.577. The van der Waals surface area contributed by atoms with Gasteiger partial charge >= 0.3 is 6.16 Å². The maximum Gasteiger partial charge on any atom is 0.503 e. The van der Waals surface area contributed by atoms with Crippen LogP contribution in [0.4, 0.5) is 4.79 Å². The molecule has 0 spiro atoms. The molecule has 0 saturated heterocycles. The summed E-state index contributed by atoms with van der Waals surface area (Å²) in [7, 11) is 0. The molecule has 0 bridgehead atoms. The number of unbranched alkanes of at least 4 members (excludes halogenated alkanes) is 2. The van der Waals surface area contributed by atoms with Gasteiger partial charge in [0.25, 0.3) is 0 Å². The van der Waals surface area contributed by atoms with Crippen molar-refractivity contribution in [2.45, 2.75) is 38.9 Å². The van der Waals surface area contributed by atoms with Crippen LogP contribution in [0.25, 0.3) is 0 Å². The zero-order chi connectivity index (χ0) is 9.98. The molecule has 0 aliphatic carbocycles. The lowest BCUT2D eigenvalue weighted by atomic mass is 10.2. The Hall–Kier alpha value is -0.810. The lowest BCUT2D eigenvalue weighted by Gasteiger charge is -1.99. The van der Waals surface area contributed by atoms with Gasteiger partial charge in [0.05, 0.1) is 0 Å². The predicted molar refractivity (Wildman–Crippen MR) is 43.0 cm³/mol. The summed E-state index contributed by atoms with van der Waals surface area (Å²) in [6, 6.07) is 0. The smallest absolute Gasteiger partial charge is 0.450 e. The van der Waals surface area contributed by atoms with Crippen LogP contribution in [0.5, 0.6) is 0 Å². The largest absolute Gasteiger partial charge is 0.503 e. The first kappa shape index (κ1) is 13.8. The number of hydrogen-bond donors (Lipinski definition) is 4. The highest BCUT2D eigenvalue weighted by atomic mass is 16.6. The van der Waals surface area contributed by atoms with Crippen molar-refractivity contribution >= 4 is 6.16 Å². The van der Waals surface area contributed by atoms with E-state index < -0.39 is 12.4 Å². The molecule has 0 rings (SSSR count). The first-order valence-electron chi connectivity index (χ1n) is 3.78. The highest BCUT2D eigenvalue weighted by Crippen LogP contribution is 1.99. The molecule has 0 heterocycles. The van der Waals surface area contributed by atoms with E-state index in [1.165, 1.54) is 0 Å². The van der Waals surface area contributed by atoms with Gasteiger partial charge in [-0.3, -0.25) is 0 Å². The second-order valence-electron chi connectivity index (χ2n) is 2.26. The standard InChI is InChI=1S/C6H14O2.CH2O3/c1-2-3-4-5-6(7)8;2-1(3)4/h6-8H,2-5H2,1H3;(H2,2,3,4). The maximum atomic E-state index is 8.56. The van der Waals surface area contributed by atoms with Gasteiger partial charge in [0.2, 0.25) is 0 Å². The molecule has 4 N–H and O–H groups in total. The molecule has 0 aromatic carbocycles. The molecule has 5 nitrogen and oxygen atoms in total. The van der Waals surface area contributed by atoms with Crippen LogP contribution in [0.15, 0.2) is 0 Å². The molecule has 0 aromatic rings. The molecule has 0 radical (unpaired) electrons. The van der Waals surface area contributed by atoms with Crippen molar-refractivity contribution in [3.8, 4) is 0 Å². The summed E-state index contributed by atoms with van der Waals surface area (Å²) in [5, 5.41) is 30.6. The van der Waals surface area contributed by atoms with E-state index in [9.17, 15) is 0 Å². The zero-order valence-electron chi connectivity index (χ0n) is 7.10. The Bertz CT molecular complexity index is 98.0. The first-order valence-corrected chi connectivity index (χ1v) is 3.78. The topological polar surface area (TPSA) is 98.0 Å². The summed E-state index contributed by atoms with van der Waals surface area (Å²) in [6.07, 6.45) is 0.744. The van der Waals surface area contributed by atoms with Crippen molar-refractivity contribution in [3.63, 3.8) is 0 Å². The van der Waals surface area contributed by atoms with E-state index in [-0.39, 0.29) is 0 Å². The van der Waals surface area contributed by atoms with E-state index in [1.54, 1.807) is 0 Å². The summed E-state index contributed by atoms with van der Waals surface area (Å²) < 4.78 is 0. The van der Waals surface area contributed by atoms with Gasteiger partial charge in [-0.05, 0) is 12.8 Å². The molecule has 5 heteroatoms. The highest BCUT2D eigenvalue weighted by molar-refractivity contribution is 5.53. The lowest BCUT2D eigenvalue weighted by molar-refractivity contribution is -0.0465. The third-order valence-electron chi connectivity index (χ3n) is 1.07. The van der Waals surface area contributed by atoms with Crippen molar-refractivity contribution in [1.29, 1.82) is 0 Å². The third kappa shape index (κ3) is 35.1. The lowest BCUT2D eigenvalue weighted by Crippen LogP contribution is -2.02. The molecule has 0 saturated carbocycles. The number of carboxylic acid groups (broad SMARTS) is 2. The third-order valence-corrected chi connectivity index (χ3v) is 1.07. The zero-order valence-corrected chi connectivity index (χ0v) is 7.10. The van der Waals surface area contributed by atoms with Gasteiger partial charge in [-0.1, -0.05) is 19.8 Å². The second kappa shape index (κ2) is 10.2. The number of aliphatic hydroxyl groups excluding tert-OH is 1. The Balaban J connectivity index is 0. The van der Waals surface area contributed by atoms with Gasteiger partial charge < -0.3 is 20.4 Å². The summed E-state index contributed by atoms with van der Waals surface area (Å²) in [4.78, 5) is 8.56. The molecule has 0 fully saturated rings. The Morgan fingerprint density at radius 3 is 1.92 bits per heavy atom. The van der Waals surface area contributed by atoms with Crippen LogP contribution in [0.1, 0.15) is 32.6 Å². The summed E-state index contributed by atoms with van der Waals surface area (Å²) in [5.74, 6) is 0. The molecule has 0 amide bonds. The Morgan fingerprint density at radius 1 is 1.25 bits per heavy atom. The van der Waals surface area contributed by atoms with Gasteiger partial charge in [-0.15, -0.1) is 0 Å². The predicted octanol–water partition coefficient (Wildman–Crippen LogP) is 1.10. The molecule has 0 atom stereocenters. The van der Waals surface area contributed by atoms with Crippen molar-refractivity contribution in [1.82, 2.24) is 0 Å². The van der Waals surface area contributed by atoms with Crippen LogP contribution in [-0.2, 0) is 0 Å². The molecule has 0 aliphatic heterocycles. The van der Waals surface area contributed by atoms with Gasteiger partial charge in [-0.25, -0.2) is 4.79 Å². The molecular formula is C7H16O5. The summed E-state index contributed by atoms with van der Waals surface area (Å²) in [5.41, 5.74) is 0. The SMILES string of the molecule is CCCCCC(O)O.O=C(O)O. The molecule has 0 aromatic heterocycles. The fourth-order valence-electron chi connectivity index (χ4n) is 0.577. The van der Waals surface area contributed by atoms with E-state index in [0.717, 1.165) is 19.3 Å². The Morgan fingerprint density at radius 2 is 1.67 bits per heavy atom. The van der Waals surface area contributed by atoms with E-state index in [0.29, 0.717) is 6.42 Å². The summed E-state index contributed by atoms with van der Waals surface area (Å²) in [6.45, 7) is 2.09. The quantitative estimate of drug-likeness (QED) is 0.383. The first-order chi connectivity index (χ1) is 5.50. The minimum Gasteiger partial charge on any atom is -0.450 e. The van der Waals surface area contributed by atoms with Gasteiger partial charge in [0, 0.05) is 0 Å². The van der Waals surface area contributed by atoms with Crippen molar-refractivity contribution < 1.29 is 25.2 Å². The second-order valence-corrected chi connectivity index (χ2v) is 2.26. The average Bonchev–Trinajstić information content (AvgIpc) is 1.86. The van der Waals surface area contributed by atoms with Crippen LogP contribution in [0.2, 0.25) is 0 Å².